The first kappa shape index (κ1) is 14.0. The molecule has 5 heteroatoms. The van der Waals surface area contributed by atoms with Crippen molar-refractivity contribution in [1.82, 2.24) is 4.98 Å². The number of carboxylic acids is 1. The van der Waals surface area contributed by atoms with Gasteiger partial charge in [0, 0.05) is 12.7 Å². The molecule has 0 fully saturated rings. The number of aromatic carboxylic acids is 1. The van der Waals surface area contributed by atoms with E-state index in [0.717, 1.165) is 17.5 Å². The molecule has 0 saturated carbocycles. The second kappa shape index (κ2) is 5.69. The highest BCUT2D eigenvalue weighted by atomic mass is 19.1. The largest absolute Gasteiger partial charge is 0.478 e. The number of rotatable bonds is 4. The summed E-state index contributed by atoms with van der Waals surface area (Å²) < 4.78 is 13.9. The van der Waals surface area contributed by atoms with Crippen LogP contribution in [0, 0.1) is 12.7 Å². The minimum Gasteiger partial charge on any atom is -0.478 e. The number of nitrogens with zero attached hydrogens (tertiary/aromatic N) is 2. The van der Waals surface area contributed by atoms with Crippen LogP contribution in [0.25, 0.3) is 0 Å². The number of benzene rings is 1. The summed E-state index contributed by atoms with van der Waals surface area (Å²) >= 11 is 0. The van der Waals surface area contributed by atoms with Crippen molar-refractivity contribution in [3.8, 4) is 0 Å². The predicted octanol–water partition coefficient (Wildman–Crippen LogP) is 2.86. The monoisotopic (exact) mass is 274 g/mol. The molecule has 1 aromatic carbocycles. The summed E-state index contributed by atoms with van der Waals surface area (Å²) in [7, 11) is 1.74. The molecule has 0 unspecified atom stereocenters. The van der Waals surface area contributed by atoms with E-state index in [4.69, 9.17) is 5.11 Å². The van der Waals surface area contributed by atoms with Gasteiger partial charge in [0.15, 0.2) is 0 Å². The molecule has 0 aliphatic rings. The van der Waals surface area contributed by atoms with Gasteiger partial charge in [-0.25, -0.2) is 9.18 Å². The maximum absolute atomic E-state index is 13.9. The lowest BCUT2D eigenvalue weighted by Crippen LogP contribution is -2.19. The number of carbonyl (C=O) groups is 1. The smallest absolute Gasteiger partial charge is 0.335 e. The highest BCUT2D eigenvalue weighted by molar-refractivity contribution is 5.88. The van der Waals surface area contributed by atoms with Gasteiger partial charge in [0.1, 0.15) is 5.82 Å². The van der Waals surface area contributed by atoms with Crippen molar-refractivity contribution in [2.24, 2.45) is 0 Å². The Balaban J connectivity index is 2.21. The highest BCUT2D eigenvalue weighted by Crippen LogP contribution is 2.21. The Morgan fingerprint density at radius 3 is 2.70 bits per heavy atom. The SMILES string of the molecule is Cc1cccc(CN(C)c2ccc(C(=O)O)cc2F)n1. The minimum atomic E-state index is -1.14. The van der Waals surface area contributed by atoms with E-state index >= 15 is 0 Å². The van der Waals surface area contributed by atoms with Crippen LogP contribution >= 0.6 is 0 Å². The van der Waals surface area contributed by atoms with Crippen LogP contribution < -0.4 is 4.90 Å². The second-order valence-electron chi connectivity index (χ2n) is 4.60. The molecule has 0 radical (unpaired) electrons. The van der Waals surface area contributed by atoms with Crippen LogP contribution in [-0.4, -0.2) is 23.1 Å². The van der Waals surface area contributed by atoms with Crippen molar-refractivity contribution >= 4 is 11.7 Å². The maximum atomic E-state index is 13.9. The van der Waals surface area contributed by atoms with Gasteiger partial charge in [0.05, 0.1) is 23.5 Å². The van der Waals surface area contributed by atoms with Gasteiger partial charge in [-0.2, -0.15) is 0 Å². The van der Waals surface area contributed by atoms with Crippen LogP contribution in [0.15, 0.2) is 36.4 Å². The van der Waals surface area contributed by atoms with Gasteiger partial charge in [-0.15, -0.1) is 0 Å². The van der Waals surface area contributed by atoms with Crippen LogP contribution in [0.3, 0.4) is 0 Å². The second-order valence-corrected chi connectivity index (χ2v) is 4.60. The number of hydrogen-bond acceptors (Lipinski definition) is 3. The fraction of sp³-hybridized carbons (Fsp3) is 0.200. The van der Waals surface area contributed by atoms with E-state index in [9.17, 15) is 9.18 Å². The zero-order chi connectivity index (χ0) is 14.7. The van der Waals surface area contributed by atoms with E-state index in [-0.39, 0.29) is 5.56 Å². The maximum Gasteiger partial charge on any atom is 0.335 e. The van der Waals surface area contributed by atoms with Crippen LogP contribution in [0.4, 0.5) is 10.1 Å². The van der Waals surface area contributed by atoms with E-state index < -0.39 is 11.8 Å². The van der Waals surface area contributed by atoms with Gasteiger partial charge in [-0.05, 0) is 37.3 Å². The van der Waals surface area contributed by atoms with Crippen molar-refractivity contribution in [2.45, 2.75) is 13.5 Å². The van der Waals surface area contributed by atoms with Gasteiger partial charge in [-0.1, -0.05) is 6.07 Å². The van der Waals surface area contributed by atoms with Crippen molar-refractivity contribution < 1.29 is 14.3 Å². The van der Waals surface area contributed by atoms with E-state index in [1.54, 1.807) is 11.9 Å². The van der Waals surface area contributed by atoms with Crippen LogP contribution in [0.5, 0.6) is 0 Å². The lowest BCUT2D eigenvalue weighted by molar-refractivity contribution is 0.0696. The Morgan fingerprint density at radius 2 is 2.10 bits per heavy atom. The highest BCUT2D eigenvalue weighted by Gasteiger charge is 2.12. The number of pyridine rings is 1. The third kappa shape index (κ3) is 3.12. The zero-order valence-corrected chi connectivity index (χ0v) is 11.3. The minimum absolute atomic E-state index is 0.0617. The quantitative estimate of drug-likeness (QED) is 0.931. The fourth-order valence-electron chi connectivity index (χ4n) is 1.97. The molecule has 1 N–H and O–H groups in total. The molecule has 0 saturated heterocycles. The molecule has 2 aromatic rings. The molecule has 4 nitrogen and oxygen atoms in total. The van der Waals surface area contributed by atoms with E-state index in [2.05, 4.69) is 4.98 Å². The lowest BCUT2D eigenvalue weighted by Gasteiger charge is -2.20. The van der Waals surface area contributed by atoms with Crippen molar-refractivity contribution in [2.75, 3.05) is 11.9 Å². The molecule has 0 spiro atoms. The van der Waals surface area contributed by atoms with Crippen molar-refractivity contribution in [3.05, 3.63) is 59.2 Å². The third-order valence-corrected chi connectivity index (χ3v) is 2.95. The van der Waals surface area contributed by atoms with E-state index in [0.29, 0.717) is 12.2 Å². The zero-order valence-electron chi connectivity index (χ0n) is 11.3. The number of aromatic nitrogens is 1. The van der Waals surface area contributed by atoms with Crippen molar-refractivity contribution in [1.29, 1.82) is 0 Å². The lowest BCUT2D eigenvalue weighted by atomic mass is 10.2. The molecule has 1 aromatic heterocycles. The molecule has 0 aliphatic carbocycles. The standard InChI is InChI=1S/C15H15FN2O2/c1-10-4-3-5-12(17-10)9-18(2)14-7-6-11(15(19)20)8-13(14)16/h3-8H,9H2,1-2H3,(H,19,20). The van der Waals surface area contributed by atoms with E-state index in [1.807, 2.05) is 25.1 Å². The van der Waals surface area contributed by atoms with Gasteiger partial charge >= 0.3 is 5.97 Å². The molecule has 2 rings (SSSR count). The molecule has 0 bridgehead atoms. The average molecular weight is 274 g/mol. The third-order valence-electron chi connectivity index (χ3n) is 2.95. The number of aryl methyl sites for hydroxylation is 1. The van der Waals surface area contributed by atoms with Gasteiger partial charge < -0.3 is 10.0 Å². The summed E-state index contributed by atoms with van der Waals surface area (Å²) in [5, 5.41) is 8.81. The first-order chi connectivity index (χ1) is 9.47. The molecule has 104 valence electrons. The molecule has 0 aliphatic heterocycles. The Labute approximate surface area is 116 Å². The van der Waals surface area contributed by atoms with Gasteiger partial charge in [-0.3, -0.25) is 4.98 Å². The molecule has 20 heavy (non-hydrogen) atoms. The van der Waals surface area contributed by atoms with E-state index in [1.165, 1.54) is 12.1 Å². The molecule has 0 amide bonds. The first-order valence-electron chi connectivity index (χ1n) is 6.14. The summed E-state index contributed by atoms with van der Waals surface area (Å²) in [5.41, 5.74) is 2.01. The summed E-state index contributed by atoms with van der Waals surface area (Å²) in [6.45, 7) is 2.34. The van der Waals surface area contributed by atoms with Crippen LogP contribution in [0.2, 0.25) is 0 Å². The number of carboxylic acid groups (broad SMARTS) is 1. The first-order valence-corrected chi connectivity index (χ1v) is 6.14. The van der Waals surface area contributed by atoms with Gasteiger partial charge in [0.25, 0.3) is 0 Å². The van der Waals surface area contributed by atoms with Crippen LogP contribution in [-0.2, 0) is 6.54 Å². The summed E-state index contributed by atoms with van der Waals surface area (Å²) in [4.78, 5) is 16.8. The Kier molecular flexibility index (Phi) is 3.98. The molecular formula is C15H15FN2O2. The average Bonchev–Trinajstić information content (AvgIpc) is 2.38. The predicted molar refractivity (Wildman–Crippen MR) is 74.4 cm³/mol. The normalized spacial score (nSPS) is 10.3. The molecule has 0 atom stereocenters. The van der Waals surface area contributed by atoms with Crippen molar-refractivity contribution in [3.63, 3.8) is 0 Å². The topological polar surface area (TPSA) is 53.4 Å². The van der Waals surface area contributed by atoms with Gasteiger partial charge in [0.2, 0.25) is 0 Å². The summed E-state index contributed by atoms with van der Waals surface area (Å²) in [5.74, 6) is -1.70. The van der Waals surface area contributed by atoms with Crippen LogP contribution in [0.1, 0.15) is 21.7 Å². The number of halogens is 1. The number of anilines is 1. The Bertz CT molecular complexity index is 644. The Morgan fingerprint density at radius 1 is 1.35 bits per heavy atom. The number of hydrogen-bond donors (Lipinski definition) is 1. The molecular weight excluding hydrogens is 259 g/mol. The summed E-state index contributed by atoms with van der Waals surface area (Å²) in [6, 6.07) is 9.54. The fourth-order valence-corrected chi connectivity index (χ4v) is 1.97. The molecule has 1 heterocycles. The summed E-state index contributed by atoms with van der Waals surface area (Å²) in [6.07, 6.45) is 0. The Hall–Kier alpha value is -2.43.